The monoisotopic (exact) mass is 387 g/mol. The van der Waals surface area contributed by atoms with Crippen LogP contribution in [0.2, 0.25) is 0 Å². The average molecular weight is 387 g/mol. The lowest BCUT2D eigenvalue weighted by atomic mass is 10.2. The molecular weight excluding hydrogens is 366 g/mol. The number of nitrogens with one attached hydrogen (secondary N) is 1. The minimum Gasteiger partial charge on any atom is -0.454 e. The third-order valence-electron chi connectivity index (χ3n) is 3.91. The van der Waals surface area contributed by atoms with Gasteiger partial charge in [0.05, 0.1) is 6.42 Å². The summed E-state index contributed by atoms with van der Waals surface area (Å²) in [5.41, 5.74) is 1.75. The van der Waals surface area contributed by atoms with Crippen molar-refractivity contribution < 1.29 is 23.8 Å². The summed E-state index contributed by atoms with van der Waals surface area (Å²) in [5, 5.41) is 2.71. The van der Waals surface area contributed by atoms with Crippen molar-refractivity contribution in [2.75, 3.05) is 17.9 Å². The second kappa shape index (κ2) is 8.81. The fourth-order valence-corrected chi connectivity index (χ4v) is 3.25. The minimum atomic E-state index is -0.882. The largest absolute Gasteiger partial charge is 0.454 e. The van der Waals surface area contributed by atoms with Crippen molar-refractivity contribution >= 4 is 29.3 Å². The third-order valence-corrected chi connectivity index (χ3v) is 4.93. The van der Waals surface area contributed by atoms with Gasteiger partial charge >= 0.3 is 5.97 Å². The molecule has 1 amide bonds. The summed E-state index contributed by atoms with van der Waals surface area (Å²) in [6.07, 6.45) is -0.646. The highest BCUT2D eigenvalue weighted by Gasteiger charge is 2.19. The molecule has 0 aromatic heterocycles. The van der Waals surface area contributed by atoms with Crippen molar-refractivity contribution in [1.82, 2.24) is 0 Å². The molecule has 7 heteroatoms. The van der Waals surface area contributed by atoms with E-state index >= 15 is 0 Å². The van der Waals surface area contributed by atoms with Crippen LogP contribution in [0.5, 0.6) is 11.5 Å². The molecule has 1 aliphatic rings. The number of esters is 1. The molecular formula is C20H21NO5S. The third kappa shape index (κ3) is 5.40. The molecule has 142 valence electrons. The van der Waals surface area contributed by atoms with Gasteiger partial charge in [0, 0.05) is 22.4 Å². The summed E-state index contributed by atoms with van der Waals surface area (Å²) in [5.74, 6) is 1.01. The molecule has 0 bridgehead atoms. The van der Waals surface area contributed by atoms with Crippen LogP contribution in [0.3, 0.4) is 0 Å². The van der Waals surface area contributed by atoms with Gasteiger partial charge in [-0.3, -0.25) is 9.59 Å². The molecule has 0 spiro atoms. The quantitative estimate of drug-likeness (QED) is 0.576. The Morgan fingerprint density at radius 1 is 1.15 bits per heavy atom. The van der Waals surface area contributed by atoms with E-state index in [1.807, 2.05) is 31.2 Å². The molecule has 1 atom stereocenters. The number of carbonyl (C=O) groups is 2. The fraction of sp³-hybridized carbons (Fsp3) is 0.300. The number of anilines is 1. The van der Waals surface area contributed by atoms with Gasteiger partial charge in [-0.15, -0.1) is 11.8 Å². The van der Waals surface area contributed by atoms with Crippen molar-refractivity contribution in [2.45, 2.75) is 31.3 Å². The summed E-state index contributed by atoms with van der Waals surface area (Å²) < 4.78 is 15.7. The van der Waals surface area contributed by atoms with Crippen molar-refractivity contribution in [3.8, 4) is 11.5 Å². The van der Waals surface area contributed by atoms with Crippen molar-refractivity contribution in [1.29, 1.82) is 0 Å². The van der Waals surface area contributed by atoms with E-state index in [0.29, 0.717) is 22.9 Å². The lowest BCUT2D eigenvalue weighted by molar-refractivity contribution is -0.152. The number of ether oxygens (including phenoxy) is 3. The molecule has 0 fully saturated rings. The van der Waals surface area contributed by atoms with Crippen LogP contribution in [-0.4, -0.2) is 30.5 Å². The van der Waals surface area contributed by atoms with Crippen molar-refractivity contribution in [3.05, 3.63) is 48.0 Å². The summed E-state index contributed by atoms with van der Waals surface area (Å²) in [7, 11) is 0. The Morgan fingerprint density at radius 2 is 1.89 bits per heavy atom. The summed E-state index contributed by atoms with van der Waals surface area (Å²) in [6, 6.07) is 13.2. The smallest absolute Gasteiger partial charge is 0.307 e. The zero-order chi connectivity index (χ0) is 19.2. The molecule has 1 heterocycles. The van der Waals surface area contributed by atoms with Crippen LogP contribution in [0.15, 0.2) is 47.4 Å². The number of hydrogen-bond donors (Lipinski definition) is 1. The fourth-order valence-electron chi connectivity index (χ4n) is 2.41. The molecule has 27 heavy (non-hydrogen) atoms. The van der Waals surface area contributed by atoms with Crippen LogP contribution in [0, 0.1) is 6.92 Å². The van der Waals surface area contributed by atoms with E-state index in [2.05, 4.69) is 5.32 Å². The van der Waals surface area contributed by atoms with Crippen molar-refractivity contribution in [3.63, 3.8) is 0 Å². The number of rotatable bonds is 7. The Labute approximate surface area is 162 Å². The molecule has 0 aliphatic carbocycles. The highest BCUT2D eigenvalue weighted by Crippen LogP contribution is 2.34. The SMILES string of the molecule is Cc1ccc(SCCC(=O)O[C@@H](C)C(=O)Nc2ccc3c(c2)OCO3)cc1. The van der Waals surface area contributed by atoms with Gasteiger partial charge in [-0.1, -0.05) is 17.7 Å². The van der Waals surface area contributed by atoms with Crippen molar-refractivity contribution in [2.24, 2.45) is 0 Å². The van der Waals surface area contributed by atoms with E-state index in [4.69, 9.17) is 14.2 Å². The second-order valence-electron chi connectivity index (χ2n) is 6.10. The van der Waals surface area contributed by atoms with Gasteiger partial charge in [0.25, 0.3) is 5.91 Å². The number of hydrogen-bond acceptors (Lipinski definition) is 6. The van der Waals surface area contributed by atoms with Crippen LogP contribution in [-0.2, 0) is 14.3 Å². The summed E-state index contributed by atoms with van der Waals surface area (Å²) >= 11 is 1.58. The van der Waals surface area contributed by atoms with Crippen LogP contribution in [0.1, 0.15) is 18.9 Å². The van der Waals surface area contributed by atoms with E-state index in [9.17, 15) is 9.59 Å². The van der Waals surface area contributed by atoms with Crippen LogP contribution < -0.4 is 14.8 Å². The molecule has 0 saturated carbocycles. The van der Waals surface area contributed by atoms with Crippen LogP contribution >= 0.6 is 11.8 Å². The maximum atomic E-state index is 12.2. The topological polar surface area (TPSA) is 73.9 Å². The van der Waals surface area contributed by atoms with Gasteiger partial charge in [-0.05, 0) is 38.1 Å². The van der Waals surface area contributed by atoms with Gasteiger partial charge < -0.3 is 19.5 Å². The van der Waals surface area contributed by atoms with E-state index in [-0.39, 0.29) is 13.2 Å². The standard InChI is InChI=1S/C20H21NO5S/c1-13-3-6-16(7-4-13)27-10-9-19(22)26-14(2)20(23)21-15-5-8-17-18(11-15)25-12-24-17/h3-8,11,14H,9-10,12H2,1-2H3,(H,21,23)/t14-/m0/s1. The first-order valence-corrected chi connectivity index (χ1v) is 9.59. The Hall–Kier alpha value is -2.67. The second-order valence-corrected chi connectivity index (χ2v) is 7.27. The number of thioether (sulfide) groups is 1. The number of carbonyl (C=O) groups excluding carboxylic acids is 2. The van der Waals surface area contributed by atoms with Crippen LogP contribution in [0.25, 0.3) is 0 Å². The van der Waals surface area contributed by atoms with E-state index in [1.54, 1.807) is 36.9 Å². The van der Waals surface area contributed by atoms with Gasteiger partial charge in [0.1, 0.15) is 0 Å². The van der Waals surface area contributed by atoms with Gasteiger partial charge in [0.15, 0.2) is 17.6 Å². The summed E-state index contributed by atoms with van der Waals surface area (Å²) in [4.78, 5) is 25.3. The molecule has 1 aliphatic heterocycles. The zero-order valence-corrected chi connectivity index (χ0v) is 16.0. The van der Waals surface area contributed by atoms with Crippen LogP contribution in [0.4, 0.5) is 5.69 Å². The number of aryl methyl sites for hydroxylation is 1. The molecule has 3 rings (SSSR count). The summed E-state index contributed by atoms with van der Waals surface area (Å²) in [6.45, 7) is 3.75. The van der Waals surface area contributed by atoms with E-state index in [1.165, 1.54) is 5.56 Å². The Balaban J connectivity index is 1.42. The molecule has 0 radical (unpaired) electrons. The Bertz CT molecular complexity index is 822. The highest BCUT2D eigenvalue weighted by molar-refractivity contribution is 7.99. The van der Waals surface area contributed by atoms with Gasteiger partial charge in [0.2, 0.25) is 6.79 Å². The lowest BCUT2D eigenvalue weighted by Gasteiger charge is -2.13. The predicted octanol–water partition coefficient (Wildman–Crippen LogP) is 3.78. The molecule has 6 nitrogen and oxygen atoms in total. The number of benzene rings is 2. The predicted molar refractivity (Wildman–Crippen MR) is 103 cm³/mol. The first kappa shape index (κ1) is 19.1. The normalized spacial score (nSPS) is 13.1. The minimum absolute atomic E-state index is 0.168. The molecule has 2 aromatic rings. The maximum Gasteiger partial charge on any atom is 0.307 e. The maximum absolute atomic E-state index is 12.2. The Morgan fingerprint density at radius 3 is 2.67 bits per heavy atom. The first-order valence-electron chi connectivity index (χ1n) is 8.61. The van der Waals surface area contributed by atoms with E-state index < -0.39 is 18.0 Å². The molecule has 0 saturated heterocycles. The van der Waals surface area contributed by atoms with Gasteiger partial charge in [-0.25, -0.2) is 0 Å². The Kier molecular flexibility index (Phi) is 6.24. The lowest BCUT2D eigenvalue weighted by Crippen LogP contribution is -2.30. The molecule has 0 unspecified atom stereocenters. The molecule has 1 N–H and O–H groups in total. The zero-order valence-electron chi connectivity index (χ0n) is 15.2. The first-order chi connectivity index (χ1) is 13.0. The number of fused-ring (bicyclic) bond motifs is 1. The van der Waals surface area contributed by atoms with E-state index in [0.717, 1.165) is 4.90 Å². The van der Waals surface area contributed by atoms with Gasteiger partial charge in [-0.2, -0.15) is 0 Å². The number of amides is 1. The highest BCUT2D eigenvalue weighted by atomic mass is 32.2. The molecule has 2 aromatic carbocycles. The average Bonchev–Trinajstić information content (AvgIpc) is 3.11.